The Labute approximate surface area is 162 Å². The molecule has 2 aromatic carbocycles. The number of phenolic OH excluding ortho intramolecular Hbond substituents is 3. The highest BCUT2D eigenvalue weighted by Crippen LogP contribution is 2.36. The summed E-state index contributed by atoms with van der Waals surface area (Å²) in [5.74, 6) is -0.187. The molecule has 1 saturated heterocycles. The second-order valence-electron chi connectivity index (χ2n) is 6.31. The molecule has 2 atom stereocenters. The third-order valence-electron chi connectivity index (χ3n) is 4.63. The number of hydrogen-bond donors (Lipinski definition) is 5. The number of nitrogens with two attached hydrogens (primary N) is 1. The molecular formula is C17H21BrN2O5S. The number of aromatic hydroxyl groups is 3. The van der Waals surface area contributed by atoms with E-state index in [4.69, 9.17) is 5.14 Å². The second kappa shape index (κ2) is 7.83. The summed E-state index contributed by atoms with van der Waals surface area (Å²) >= 11 is 0. The van der Waals surface area contributed by atoms with Crippen LogP contribution in [0.3, 0.4) is 0 Å². The first-order valence-corrected chi connectivity index (χ1v) is 9.37. The van der Waals surface area contributed by atoms with Gasteiger partial charge >= 0.3 is 0 Å². The van der Waals surface area contributed by atoms with Crippen molar-refractivity contribution in [3.8, 4) is 17.2 Å². The first-order chi connectivity index (χ1) is 11.8. The Morgan fingerprint density at radius 1 is 1.00 bits per heavy atom. The van der Waals surface area contributed by atoms with Gasteiger partial charge in [0, 0.05) is 12.5 Å². The third-order valence-corrected chi connectivity index (χ3v) is 5.54. The first-order valence-electron chi connectivity index (χ1n) is 7.83. The van der Waals surface area contributed by atoms with Crippen molar-refractivity contribution < 1.29 is 23.7 Å². The quantitative estimate of drug-likeness (QED) is 0.454. The molecule has 1 heterocycles. The monoisotopic (exact) mass is 444 g/mol. The maximum Gasteiger partial charge on any atom is 0.238 e. The van der Waals surface area contributed by atoms with Crippen LogP contribution in [0.15, 0.2) is 41.3 Å². The smallest absolute Gasteiger partial charge is 0.238 e. The second-order valence-corrected chi connectivity index (χ2v) is 7.87. The molecule has 0 amide bonds. The number of sulfonamides is 1. The van der Waals surface area contributed by atoms with Crippen LogP contribution in [0.4, 0.5) is 0 Å². The lowest BCUT2D eigenvalue weighted by molar-refractivity contribution is 0.401. The lowest BCUT2D eigenvalue weighted by Gasteiger charge is -2.20. The van der Waals surface area contributed by atoms with E-state index in [2.05, 4.69) is 5.32 Å². The molecule has 0 spiro atoms. The topological polar surface area (TPSA) is 133 Å². The van der Waals surface area contributed by atoms with Crippen molar-refractivity contribution in [1.29, 1.82) is 0 Å². The Hall–Kier alpha value is -1.81. The number of hydrogen-bond acceptors (Lipinski definition) is 6. The Kier molecular flexibility index (Phi) is 6.17. The van der Waals surface area contributed by atoms with Crippen molar-refractivity contribution >= 4 is 27.0 Å². The summed E-state index contributed by atoms with van der Waals surface area (Å²) in [6.45, 7) is 1.37. The summed E-state index contributed by atoms with van der Waals surface area (Å²) in [6.07, 6.45) is 0.453. The van der Waals surface area contributed by atoms with Crippen molar-refractivity contribution in [2.24, 2.45) is 11.1 Å². The molecule has 1 aliphatic rings. The first kappa shape index (κ1) is 20.5. The fraction of sp³-hybridized carbons (Fsp3) is 0.294. The molecule has 2 aromatic rings. The Balaban J connectivity index is 0.00000243. The zero-order valence-corrected chi connectivity index (χ0v) is 16.3. The zero-order valence-electron chi connectivity index (χ0n) is 13.8. The molecule has 7 nitrogen and oxygen atoms in total. The average Bonchev–Trinajstić information content (AvgIpc) is 2.99. The Morgan fingerprint density at radius 3 is 2.35 bits per heavy atom. The Morgan fingerprint density at radius 2 is 1.69 bits per heavy atom. The number of rotatable bonds is 4. The van der Waals surface area contributed by atoms with Crippen LogP contribution in [0.25, 0.3) is 0 Å². The van der Waals surface area contributed by atoms with Crippen LogP contribution >= 0.6 is 17.0 Å². The van der Waals surface area contributed by atoms with Crippen molar-refractivity contribution in [2.45, 2.75) is 17.2 Å². The van der Waals surface area contributed by atoms with Gasteiger partial charge in [0.2, 0.25) is 10.0 Å². The third kappa shape index (κ3) is 4.29. The van der Waals surface area contributed by atoms with Gasteiger partial charge in [0.25, 0.3) is 0 Å². The molecule has 0 aromatic heterocycles. The maximum atomic E-state index is 11.5. The van der Waals surface area contributed by atoms with Gasteiger partial charge in [0.1, 0.15) is 5.75 Å². The minimum absolute atomic E-state index is 0. The van der Waals surface area contributed by atoms with E-state index in [0.29, 0.717) is 25.1 Å². The molecule has 0 unspecified atom stereocenters. The van der Waals surface area contributed by atoms with Crippen molar-refractivity contribution in [3.05, 3.63) is 47.5 Å². The molecule has 0 bridgehead atoms. The fourth-order valence-corrected chi connectivity index (χ4v) is 3.86. The normalized spacial score (nSPS) is 19.9. The largest absolute Gasteiger partial charge is 0.508 e. The molecule has 9 heteroatoms. The van der Waals surface area contributed by atoms with Crippen LogP contribution in [0.5, 0.6) is 17.2 Å². The molecule has 26 heavy (non-hydrogen) atoms. The van der Waals surface area contributed by atoms with Crippen molar-refractivity contribution in [1.82, 2.24) is 5.32 Å². The maximum absolute atomic E-state index is 11.5. The van der Waals surface area contributed by atoms with E-state index in [0.717, 1.165) is 5.56 Å². The lowest BCUT2D eigenvalue weighted by Crippen LogP contribution is -2.16. The predicted molar refractivity (Wildman–Crippen MR) is 102 cm³/mol. The SMILES string of the molecule is Br.NS(=O)(=O)c1ccc(O)c(C[C@@H]2CNC[C@H]2c2ccc(O)c(O)c2)c1. The van der Waals surface area contributed by atoms with Crippen LogP contribution in [0.2, 0.25) is 0 Å². The van der Waals surface area contributed by atoms with Gasteiger partial charge in [-0.25, -0.2) is 13.6 Å². The molecule has 142 valence electrons. The van der Waals surface area contributed by atoms with Crippen LogP contribution in [0.1, 0.15) is 17.0 Å². The van der Waals surface area contributed by atoms with Gasteiger partial charge in [-0.15, -0.1) is 17.0 Å². The van der Waals surface area contributed by atoms with E-state index in [1.54, 1.807) is 6.07 Å². The highest BCUT2D eigenvalue weighted by molar-refractivity contribution is 8.93. The number of nitrogens with one attached hydrogen (secondary N) is 1. The van der Waals surface area contributed by atoms with E-state index in [9.17, 15) is 23.7 Å². The van der Waals surface area contributed by atoms with E-state index < -0.39 is 10.0 Å². The summed E-state index contributed by atoms with van der Waals surface area (Å²) in [6, 6.07) is 8.73. The zero-order chi connectivity index (χ0) is 18.2. The molecule has 1 fully saturated rings. The summed E-state index contributed by atoms with van der Waals surface area (Å²) in [5.41, 5.74) is 1.38. The van der Waals surface area contributed by atoms with Gasteiger partial charge in [0.05, 0.1) is 4.90 Å². The fourth-order valence-electron chi connectivity index (χ4n) is 3.29. The number of halogens is 1. The van der Waals surface area contributed by atoms with Crippen LogP contribution in [0, 0.1) is 5.92 Å². The number of primary sulfonamides is 1. The number of benzene rings is 2. The summed E-state index contributed by atoms with van der Waals surface area (Å²) in [4.78, 5) is -0.0370. The highest BCUT2D eigenvalue weighted by Gasteiger charge is 2.30. The molecule has 0 aliphatic carbocycles. The van der Waals surface area contributed by atoms with E-state index in [1.165, 1.54) is 30.3 Å². The number of phenols is 3. The van der Waals surface area contributed by atoms with Gasteiger partial charge < -0.3 is 20.6 Å². The van der Waals surface area contributed by atoms with Crippen molar-refractivity contribution in [3.63, 3.8) is 0 Å². The van der Waals surface area contributed by atoms with E-state index in [1.807, 2.05) is 0 Å². The van der Waals surface area contributed by atoms with Gasteiger partial charge in [0.15, 0.2) is 11.5 Å². The summed E-state index contributed by atoms with van der Waals surface area (Å²) in [5, 5.41) is 37.7. The predicted octanol–water partition coefficient (Wildman–Crippen LogP) is 1.57. The highest BCUT2D eigenvalue weighted by atomic mass is 79.9. The molecular weight excluding hydrogens is 424 g/mol. The molecule has 0 radical (unpaired) electrons. The van der Waals surface area contributed by atoms with Gasteiger partial charge in [-0.2, -0.15) is 0 Å². The minimum atomic E-state index is -3.84. The standard InChI is InChI=1S/C17H20N2O5S.BrH/c18-25(23,24)13-2-4-15(20)11(6-13)5-12-8-19-9-14(12)10-1-3-16(21)17(22)7-10;/h1-4,6-7,12,14,19-22H,5,8-9H2,(H2,18,23,24);1H/t12-,14+;/m1./s1. The van der Waals surface area contributed by atoms with Crippen LogP contribution < -0.4 is 10.5 Å². The van der Waals surface area contributed by atoms with Gasteiger partial charge in [-0.1, -0.05) is 6.07 Å². The van der Waals surface area contributed by atoms with E-state index >= 15 is 0 Å². The van der Waals surface area contributed by atoms with E-state index in [-0.39, 0.29) is 51.0 Å². The molecule has 3 rings (SSSR count). The average molecular weight is 445 g/mol. The molecule has 1 aliphatic heterocycles. The van der Waals surface area contributed by atoms with Crippen molar-refractivity contribution in [2.75, 3.05) is 13.1 Å². The summed E-state index contributed by atoms with van der Waals surface area (Å²) in [7, 11) is -3.84. The van der Waals surface area contributed by atoms with Gasteiger partial charge in [-0.3, -0.25) is 0 Å². The van der Waals surface area contributed by atoms with Crippen LogP contribution in [-0.2, 0) is 16.4 Å². The van der Waals surface area contributed by atoms with Gasteiger partial charge in [-0.05, 0) is 60.3 Å². The lowest BCUT2D eigenvalue weighted by atomic mass is 9.84. The van der Waals surface area contributed by atoms with Crippen LogP contribution in [-0.4, -0.2) is 36.8 Å². The Bertz CT molecular complexity index is 904. The molecule has 6 N–H and O–H groups in total. The summed E-state index contributed by atoms with van der Waals surface area (Å²) < 4.78 is 23.0. The molecule has 0 saturated carbocycles. The minimum Gasteiger partial charge on any atom is -0.508 e.